The van der Waals surface area contributed by atoms with Crippen LogP contribution in [-0.2, 0) is 0 Å². The molecule has 0 saturated carbocycles. The molecule has 12 heavy (non-hydrogen) atoms. The third-order valence-corrected chi connectivity index (χ3v) is 2.99. The number of carboxylic acid groups (broad SMARTS) is 1. The van der Waals surface area contributed by atoms with Crippen molar-refractivity contribution in [3.8, 4) is 0 Å². The summed E-state index contributed by atoms with van der Waals surface area (Å²) >= 11 is 0. The van der Waals surface area contributed by atoms with E-state index in [1.807, 2.05) is 0 Å². The number of nitrogens with zero attached hydrogens (tertiary/aromatic N) is 1. The molecule has 0 aromatic rings. The Kier molecular flexibility index (Phi) is 1.72. The highest BCUT2D eigenvalue weighted by Crippen LogP contribution is 2.34. The van der Waals surface area contributed by atoms with Crippen molar-refractivity contribution < 1.29 is 9.90 Å². The Hall–Kier alpha value is -0.770. The zero-order valence-electron chi connectivity index (χ0n) is 6.94. The molecule has 2 aliphatic heterocycles. The van der Waals surface area contributed by atoms with Gasteiger partial charge in [0.1, 0.15) is 0 Å². The molecule has 1 amide bonds. The second-order valence-corrected chi connectivity index (χ2v) is 3.81. The number of nitrogens with two attached hydrogens (primary N) is 1. The molecular formula is C8H14N2O2. The zero-order valence-corrected chi connectivity index (χ0v) is 6.94. The number of amides is 1. The molecule has 2 fully saturated rings. The van der Waals surface area contributed by atoms with Gasteiger partial charge >= 0.3 is 6.09 Å². The number of carbonyl (C=O) groups is 1. The van der Waals surface area contributed by atoms with Gasteiger partial charge in [-0.1, -0.05) is 0 Å². The second-order valence-electron chi connectivity index (χ2n) is 3.81. The number of fused-ring (bicyclic) bond motifs is 2. The quantitative estimate of drug-likeness (QED) is 0.560. The van der Waals surface area contributed by atoms with E-state index in [9.17, 15) is 4.79 Å². The molecule has 0 unspecified atom stereocenters. The summed E-state index contributed by atoms with van der Waals surface area (Å²) in [5.41, 5.74) is 5.80. The number of piperidine rings is 1. The molecule has 2 saturated heterocycles. The van der Waals surface area contributed by atoms with Gasteiger partial charge in [0.15, 0.2) is 0 Å². The van der Waals surface area contributed by atoms with Gasteiger partial charge in [0, 0.05) is 18.1 Å². The summed E-state index contributed by atoms with van der Waals surface area (Å²) in [6, 6.07) is 0.630. The van der Waals surface area contributed by atoms with E-state index in [1.165, 1.54) is 0 Å². The highest BCUT2D eigenvalue weighted by atomic mass is 16.4. The van der Waals surface area contributed by atoms with Crippen molar-refractivity contribution in [2.45, 2.75) is 43.8 Å². The second kappa shape index (κ2) is 2.62. The van der Waals surface area contributed by atoms with Crippen LogP contribution in [0.4, 0.5) is 4.79 Å². The van der Waals surface area contributed by atoms with Crippen LogP contribution in [0, 0.1) is 0 Å². The van der Waals surface area contributed by atoms with E-state index in [0.29, 0.717) is 0 Å². The monoisotopic (exact) mass is 170 g/mol. The lowest BCUT2D eigenvalue weighted by atomic mass is 9.99. The predicted octanol–water partition coefficient (Wildman–Crippen LogP) is 0.618. The Bertz CT molecular complexity index is 193. The maximum Gasteiger partial charge on any atom is 0.407 e. The fourth-order valence-electron chi connectivity index (χ4n) is 2.53. The Morgan fingerprint density at radius 3 is 2.25 bits per heavy atom. The van der Waals surface area contributed by atoms with Crippen LogP contribution >= 0.6 is 0 Å². The van der Waals surface area contributed by atoms with Crippen molar-refractivity contribution in [3.05, 3.63) is 0 Å². The van der Waals surface area contributed by atoms with Gasteiger partial charge in [-0.2, -0.15) is 0 Å². The standard InChI is InChI=1S/C8H14N2O2/c9-5-3-6-1-2-7(4-5)10(6)8(11)12/h5-7H,1-4,9H2,(H,11,12)/t5-,6+,7-. The van der Waals surface area contributed by atoms with Gasteiger partial charge in [0.05, 0.1) is 0 Å². The highest BCUT2D eigenvalue weighted by molar-refractivity contribution is 5.66. The molecule has 2 bridgehead atoms. The Balaban J connectivity index is 2.14. The predicted molar refractivity (Wildman–Crippen MR) is 43.9 cm³/mol. The van der Waals surface area contributed by atoms with Crippen LogP contribution in [0.25, 0.3) is 0 Å². The van der Waals surface area contributed by atoms with Crippen molar-refractivity contribution in [3.63, 3.8) is 0 Å². The van der Waals surface area contributed by atoms with E-state index in [2.05, 4.69) is 0 Å². The smallest absolute Gasteiger partial charge is 0.407 e. The minimum Gasteiger partial charge on any atom is -0.465 e. The van der Waals surface area contributed by atoms with Gasteiger partial charge < -0.3 is 15.7 Å². The van der Waals surface area contributed by atoms with Crippen LogP contribution in [0.3, 0.4) is 0 Å². The molecule has 2 rings (SSSR count). The molecule has 0 aromatic heterocycles. The van der Waals surface area contributed by atoms with Gasteiger partial charge in [0.2, 0.25) is 0 Å². The topological polar surface area (TPSA) is 66.6 Å². The Labute approximate surface area is 71.3 Å². The van der Waals surface area contributed by atoms with Crippen molar-refractivity contribution in [1.82, 2.24) is 4.90 Å². The fourth-order valence-corrected chi connectivity index (χ4v) is 2.53. The normalized spacial score (nSPS) is 40.1. The summed E-state index contributed by atoms with van der Waals surface area (Å²) in [6.45, 7) is 0. The summed E-state index contributed by atoms with van der Waals surface area (Å²) in [7, 11) is 0. The molecule has 3 N–H and O–H groups in total. The van der Waals surface area contributed by atoms with Crippen molar-refractivity contribution in [2.24, 2.45) is 5.73 Å². The molecule has 2 aliphatic rings. The fraction of sp³-hybridized carbons (Fsp3) is 0.875. The summed E-state index contributed by atoms with van der Waals surface area (Å²) in [6.07, 6.45) is 2.94. The van der Waals surface area contributed by atoms with Gasteiger partial charge in [-0.05, 0) is 25.7 Å². The van der Waals surface area contributed by atoms with Crippen LogP contribution in [0.5, 0.6) is 0 Å². The van der Waals surface area contributed by atoms with Crippen LogP contribution in [0.2, 0.25) is 0 Å². The molecular weight excluding hydrogens is 156 g/mol. The van der Waals surface area contributed by atoms with E-state index >= 15 is 0 Å². The minimum atomic E-state index is -0.769. The average Bonchev–Trinajstić information content (AvgIpc) is 2.24. The first-order valence-corrected chi connectivity index (χ1v) is 4.45. The zero-order chi connectivity index (χ0) is 8.72. The lowest BCUT2D eigenvalue weighted by molar-refractivity contribution is 0.0973. The van der Waals surface area contributed by atoms with Gasteiger partial charge in [-0.15, -0.1) is 0 Å². The average molecular weight is 170 g/mol. The minimum absolute atomic E-state index is 0.205. The first kappa shape index (κ1) is 7.86. The lowest BCUT2D eigenvalue weighted by Crippen LogP contribution is -2.49. The molecule has 4 heteroatoms. The van der Waals surface area contributed by atoms with Crippen molar-refractivity contribution in [1.29, 1.82) is 0 Å². The Morgan fingerprint density at radius 2 is 1.83 bits per heavy atom. The van der Waals surface area contributed by atoms with Crippen LogP contribution in [-0.4, -0.2) is 34.2 Å². The van der Waals surface area contributed by atoms with Gasteiger partial charge in [-0.3, -0.25) is 0 Å². The van der Waals surface area contributed by atoms with E-state index in [0.717, 1.165) is 25.7 Å². The maximum absolute atomic E-state index is 10.8. The molecule has 0 aromatic carbocycles. The first-order chi connectivity index (χ1) is 5.68. The molecule has 0 aliphatic carbocycles. The number of hydrogen-bond donors (Lipinski definition) is 2. The molecule has 2 heterocycles. The van der Waals surface area contributed by atoms with E-state index in [1.54, 1.807) is 4.90 Å². The maximum atomic E-state index is 10.8. The SMILES string of the molecule is N[C@H]1C[C@H]2CC[C@@H](C1)N2C(=O)O. The summed E-state index contributed by atoms with van der Waals surface area (Å²) < 4.78 is 0. The molecule has 3 atom stereocenters. The third-order valence-electron chi connectivity index (χ3n) is 2.99. The largest absolute Gasteiger partial charge is 0.465 e. The van der Waals surface area contributed by atoms with E-state index in [-0.39, 0.29) is 18.1 Å². The first-order valence-electron chi connectivity index (χ1n) is 4.45. The van der Waals surface area contributed by atoms with Gasteiger partial charge in [0.25, 0.3) is 0 Å². The summed E-state index contributed by atoms with van der Waals surface area (Å²) in [5.74, 6) is 0. The van der Waals surface area contributed by atoms with Crippen LogP contribution < -0.4 is 5.73 Å². The number of hydrogen-bond acceptors (Lipinski definition) is 2. The third kappa shape index (κ3) is 1.06. The lowest BCUT2D eigenvalue weighted by Gasteiger charge is -2.35. The molecule has 68 valence electrons. The summed E-state index contributed by atoms with van der Waals surface area (Å²) in [4.78, 5) is 12.4. The molecule has 0 radical (unpaired) electrons. The van der Waals surface area contributed by atoms with Crippen molar-refractivity contribution in [2.75, 3.05) is 0 Å². The van der Waals surface area contributed by atoms with Crippen LogP contribution in [0.15, 0.2) is 0 Å². The van der Waals surface area contributed by atoms with Crippen molar-refractivity contribution >= 4 is 6.09 Å². The van der Waals surface area contributed by atoms with Crippen LogP contribution in [0.1, 0.15) is 25.7 Å². The summed E-state index contributed by atoms with van der Waals surface area (Å²) in [5, 5.41) is 8.89. The van der Waals surface area contributed by atoms with E-state index in [4.69, 9.17) is 10.8 Å². The number of rotatable bonds is 0. The Morgan fingerprint density at radius 1 is 1.33 bits per heavy atom. The van der Waals surface area contributed by atoms with Gasteiger partial charge in [-0.25, -0.2) is 4.79 Å². The highest BCUT2D eigenvalue weighted by Gasteiger charge is 2.42. The molecule has 4 nitrogen and oxygen atoms in total. The van der Waals surface area contributed by atoms with E-state index < -0.39 is 6.09 Å². The molecule has 0 spiro atoms.